The van der Waals surface area contributed by atoms with E-state index in [0.29, 0.717) is 115 Å². The van der Waals surface area contributed by atoms with Gasteiger partial charge in [0.15, 0.2) is 6.73 Å². The summed E-state index contributed by atoms with van der Waals surface area (Å²) >= 11 is 0. The molecule has 1 N–H and O–H groups in total. The van der Waals surface area contributed by atoms with E-state index in [1.54, 1.807) is 24.3 Å². The van der Waals surface area contributed by atoms with E-state index in [9.17, 15) is 67.2 Å². The Morgan fingerprint density at radius 3 is 1.18 bits per heavy atom. The van der Waals surface area contributed by atoms with Gasteiger partial charge in [-0.1, -0.05) is 48.5 Å². The molecular formula is C61H67F12N8O5P+2. The summed E-state index contributed by atoms with van der Waals surface area (Å²) in [6, 6.07) is 20.5. The second-order valence-corrected chi connectivity index (χ2v) is 24.6. The van der Waals surface area contributed by atoms with Gasteiger partial charge in [-0.3, -0.25) is 14.1 Å². The van der Waals surface area contributed by atoms with Crippen molar-refractivity contribution in [3.63, 3.8) is 0 Å². The first-order valence-corrected chi connectivity index (χ1v) is 28.6. The largest absolute Gasteiger partial charge is 0.416 e. The number of carbonyl (C=O) groups is 2. The van der Waals surface area contributed by atoms with Crippen molar-refractivity contribution in [2.45, 2.75) is 77.1 Å². The SMILES string of the molecule is Cc1ccccc1-c1cc(N2CC[N+](C)(COP(O)O[N+]3(C)CCN(c4cc(-c5ccccc5C)c(N(C)C(=O)C(C)(C)c5cc(C(F)(F)F)cc(C(F)(F)F)c5)cn4)CC3)CC2)ncc1N(C)C(=O)C(C)(C)c1cc(C(F)(F)F)cc(C(F)(F)F)c1. The highest BCUT2D eigenvalue weighted by atomic mass is 31.2. The molecule has 2 aromatic heterocycles. The van der Waals surface area contributed by atoms with Crippen molar-refractivity contribution < 1.29 is 85.4 Å². The summed E-state index contributed by atoms with van der Waals surface area (Å²) in [5.41, 5.74) is -6.16. The molecule has 2 amide bonds. The number of piperazine rings is 2. The second-order valence-electron chi connectivity index (χ2n) is 23.7. The van der Waals surface area contributed by atoms with Crippen LogP contribution in [0.5, 0.6) is 0 Å². The molecule has 0 saturated carbocycles. The van der Waals surface area contributed by atoms with Crippen LogP contribution in [0.25, 0.3) is 22.3 Å². The van der Waals surface area contributed by atoms with Gasteiger partial charge in [-0.15, -0.1) is 4.62 Å². The van der Waals surface area contributed by atoms with E-state index in [1.165, 1.54) is 64.0 Å². The Labute approximate surface area is 497 Å². The molecule has 0 radical (unpaired) electrons. The van der Waals surface area contributed by atoms with Crippen LogP contribution in [0.2, 0.25) is 0 Å². The van der Waals surface area contributed by atoms with Gasteiger partial charge < -0.3 is 29.0 Å². The van der Waals surface area contributed by atoms with Gasteiger partial charge in [-0.2, -0.15) is 57.3 Å². The van der Waals surface area contributed by atoms with Crippen molar-refractivity contribution in [1.29, 1.82) is 0 Å². The molecule has 0 bridgehead atoms. The lowest BCUT2D eigenvalue weighted by atomic mass is 9.81. The van der Waals surface area contributed by atoms with E-state index in [1.807, 2.05) is 74.1 Å². The molecule has 1 atom stereocenters. The Morgan fingerprint density at radius 1 is 0.529 bits per heavy atom. The monoisotopic (exact) mass is 1250 g/mol. The Bertz CT molecular complexity index is 3460. The topological polar surface area (TPSA) is 112 Å². The van der Waals surface area contributed by atoms with Crippen LogP contribution in [0.4, 0.5) is 75.7 Å². The van der Waals surface area contributed by atoms with Crippen LogP contribution in [0.3, 0.4) is 0 Å². The maximum atomic E-state index is 14.4. The molecular weight excluding hydrogens is 1180 g/mol. The molecule has 6 aromatic rings. The number of aryl methyl sites for hydroxylation is 2. The summed E-state index contributed by atoms with van der Waals surface area (Å²) in [6.07, 6.45) is -17.6. The van der Waals surface area contributed by atoms with Gasteiger partial charge in [0, 0.05) is 25.2 Å². The molecule has 4 heterocycles. The van der Waals surface area contributed by atoms with Crippen molar-refractivity contribution in [2.24, 2.45) is 0 Å². The van der Waals surface area contributed by atoms with Crippen LogP contribution in [0.15, 0.2) is 109 Å². The molecule has 8 rings (SSSR count). The van der Waals surface area contributed by atoms with Crippen LogP contribution < -0.4 is 19.6 Å². The number of pyridine rings is 2. The van der Waals surface area contributed by atoms with Gasteiger partial charge in [0.05, 0.1) is 110 Å². The predicted molar refractivity (Wildman–Crippen MR) is 307 cm³/mol. The second kappa shape index (κ2) is 24.2. The number of aromatic nitrogens is 2. The molecule has 2 fully saturated rings. The Kier molecular flexibility index (Phi) is 18.4. The maximum Gasteiger partial charge on any atom is 0.416 e. The highest BCUT2D eigenvalue weighted by molar-refractivity contribution is 7.40. The fraction of sp³-hybridized carbons (Fsp3) is 0.410. The van der Waals surface area contributed by atoms with Crippen molar-refractivity contribution in [2.75, 3.05) is 107 Å². The van der Waals surface area contributed by atoms with Crippen LogP contribution in [0.1, 0.15) is 72.2 Å². The first-order chi connectivity index (χ1) is 40.2. The lowest BCUT2D eigenvalue weighted by Crippen LogP contribution is -2.58. The number of anilines is 4. The minimum absolute atomic E-state index is 0.0195. The number of likely N-dealkylation sites (N-methyl/N-ethyl adjacent to an activating group) is 4. The molecule has 1 unspecified atom stereocenters. The molecule has 468 valence electrons. The minimum Gasteiger partial charge on any atom is -0.345 e. The third kappa shape index (κ3) is 14.5. The predicted octanol–water partition coefficient (Wildman–Crippen LogP) is 13.7. The summed E-state index contributed by atoms with van der Waals surface area (Å²) in [5.74, 6) is -0.506. The number of benzene rings is 4. The van der Waals surface area contributed by atoms with Gasteiger partial charge in [0.1, 0.15) is 24.7 Å². The Morgan fingerprint density at radius 2 is 0.851 bits per heavy atom. The lowest BCUT2D eigenvalue weighted by molar-refractivity contribution is -1.07. The molecule has 87 heavy (non-hydrogen) atoms. The van der Waals surface area contributed by atoms with E-state index >= 15 is 0 Å². The lowest BCUT2D eigenvalue weighted by Gasteiger charge is -2.43. The van der Waals surface area contributed by atoms with E-state index in [2.05, 4.69) is 0 Å². The Balaban J connectivity index is 0.917. The molecule has 2 saturated heterocycles. The Hall–Kier alpha value is -6.89. The first kappa shape index (κ1) is 66.1. The van der Waals surface area contributed by atoms with Gasteiger partial charge >= 0.3 is 33.3 Å². The van der Waals surface area contributed by atoms with Crippen LogP contribution in [0, 0.1) is 13.8 Å². The van der Waals surface area contributed by atoms with Gasteiger partial charge in [-0.25, -0.2) is 9.97 Å². The van der Waals surface area contributed by atoms with Crippen molar-refractivity contribution in [1.82, 2.24) is 9.97 Å². The summed E-state index contributed by atoms with van der Waals surface area (Å²) in [6.45, 7) is 12.4. The molecule has 2 aliphatic rings. The van der Waals surface area contributed by atoms with E-state index in [-0.39, 0.29) is 34.9 Å². The van der Waals surface area contributed by atoms with Gasteiger partial charge in [0.25, 0.3) is 0 Å². The van der Waals surface area contributed by atoms with Crippen LogP contribution >= 0.6 is 8.60 Å². The number of nitrogens with zero attached hydrogens (tertiary/aromatic N) is 8. The number of hydroxylamine groups is 3. The average Bonchev–Trinajstić information content (AvgIpc) is 0.869. The van der Waals surface area contributed by atoms with Crippen LogP contribution in [-0.2, 0) is 54.3 Å². The summed E-state index contributed by atoms with van der Waals surface area (Å²) in [4.78, 5) is 55.8. The normalized spacial score (nSPS) is 16.4. The summed E-state index contributed by atoms with van der Waals surface area (Å²) < 4.78 is 179. The van der Waals surface area contributed by atoms with Crippen LogP contribution in [-0.4, -0.2) is 123 Å². The zero-order valence-corrected chi connectivity index (χ0v) is 50.3. The standard InChI is InChI=1S/C61H67F12N8O5P/c1-38-15-11-13-17-46(38)48-33-52(74-35-50(48)76(7)54(82)56(3,4)40-27-42(58(62,63)64)31-43(28-40)59(65,66)67)78-19-23-80(9,24-20-78)37-85-87(84)86-81(10)25-21-79(22-26-81)53-34-49(47-18-14-12-16-39(47)2)51(36-75-53)77(8)55(83)57(5,6)41-29-44(60(68,69)70)32-45(30-41)61(71,72)73/h11-18,27-36,84H,19-26,37H2,1-10H3/q+2. The zero-order chi connectivity index (χ0) is 64.2. The fourth-order valence-electron chi connectivity index (χ4n) is 10.8. The molecule has 13 nitrogen and oxygen atoms in total. The fourth-order valence-corrected chi connectivity index (χ4v) is 11.7. The summed E-state index contributed by atoms with van der Waals surface area (Å²) in [5, 5.41) is 0. The number of rotatable bonds is 15. The molecule has 2 aliphatic heterocycles. The molecule has 26 heteroatoms. The van der Waals surface area contributed by atoms with Crippen molar-refractivity contribution >= 4 is 43.4 Å². The number of quaternary nitrogens is 2. The number of hydrogen-bond acceptors (Lipinski definition) is 9. The highest BCUT2D eigenvalue weighted by Crippen LogP contribution is 2.45. The smallest absolute Gasteiger partial charge is 0.345 e. The quantitative estimate of drug-likeness (QED) is 0.0610. The van der Waals surface area contributed by atoms with E-state index in [0.717, 1.165) is 11.1 Å². The third-order valence-corrected chi connectivity index (χ3v) is 17.4. The third-order valence-electron chi connectivity index (χ3n) is 16.5. The molecule has 0 spiro atoms. The summed E-state index contributed by atoms with van der Waals surface area (Å²) in [7, 11) is 4.17. The maximum absolute atomic E-state index is 14.4. The molecule has 4 aromatic carbocycles. The van der Waals surface area contributed by atoms with Crippen molar-refractivity contribution in [3.8, 4) is 22.3 Å². The first-order valence-electron chi connectivity index (χ1n) is 27.5. The molecule has 0 aliphatic carbocycles. The van der Waals surface area contributed by atoms with Gasteiger partial charge in [0.2, 0.25) is 11.8 Å². The van der Waals surface area contributed by atoms with Gasteiger partial charge in [-0.05, 0) is 123 Å². The van der Waals surface area contributed by atoms with E-state index < -0.39 is 89.3 Å². The number of alkyl halides is 12. The number of hydrogen-bond donors (Lipinski definition) is 1. The van der Waals surface area contributed by atoms with Crippen molar-refractivity contribution in [3.05, 3.63) is 154 Å². The number of halogens is 12. The average molecular weight is 1250 g/mol. The zero-order valence-electron chi connectivity index (χ0n) is 49.4. The minimum atomic E-state index is -5.12. The number of amides is 2. The number of carbonyl (C=O) groups excluding carboxylic acids is 2. The van der Waals surface area contributed by atoms with E-state index in [4.69, 9.17) is 19.1 Å². The highest BCUT2D eigenvalue weighted by Gasteiger charge is 2.45.